The van der Waals surface area contributed by atoms with E-state index in [0.717, 1.165) is 50.5 Å². The number of carbonyl (C=O) groups excluding carboxylic acids is 1. The second-order valence-electron chi connectivity index (χ2n) is 15.2. The molecule has 11 atom stereocenters. The Balaban J connectivity index is 1.09. The molecule has 0 aromatic heterocycles. The average molecular weight is 537 g/mol. The van der Waals surface area contributed by atoms with E-state index >= 15 is 0 Å². The number of nitrogens with two attached hydrogens (primary N) is 1. The van der Waals surface area contributed by atoms with Gasteiger partial charge >= 0.3 is 0 Å². The smallest absolute Gasteiger partial charge is 0.222 e. The van der Waals surface area contributed by atoms with Crippen LogP contribution in [0.2, 0.25) is 0 Å². The van der Waals surface area contributed by atoms with Crippen LogP contribution < -0.4 is 11.1 Å². The first kappa shape index (κ1) is 26.4. The van der Waals surface area contributed by atoms with E-state index in [9.17, 15) is 15.0 Å². The van der Waals surface area contributed by atoms with Crippen LogP contribution in [0.15, 0.2) is 30.3 Å². The fourth-order valence-electron chi connectivity index (χ4n) is 11.7. The number of aliphatic hydroxyl groups is 2. The Morgan fingerprint density at radius 1 is 0.974 bits per heavy atom. The van der Waals surface area contributed by atoms with E-state index in [2.05, 4.69) is 26.1 Å². The number of amides is 1. The molecule has 7 rings (SSSR count). The predicted octanol–water partition coefficient (Wildman–Crippen LogP) is 4.31. The molecular formula is C33H48N2O4. The van der Waals surface area contributed by atoms with E-state index in [0.29, 0.717) is 24.8 Å². The largest absolute Gasteiger partial charge is 0.393 e. The van der Waals surface area contributed by atoms with Crippen molar-refractivity contribution in [2.75, 3.05) is 0 Å². The Morgan fingerprint density at radius 3 is 2.46 bits per heavy atom. The molecule has 1 aliphatic heterocycles. The van der Waals surface area contributed by atoms with Gasteiger partial charge in [0.1, 0.15) is 0 Å². The van der Waals surface area contributed by atoms with Crippen molar-refractivity contribution in [2.24, 2.45) is 45.1 Å². The van der Waals surface area contributed by atoms with Crippen LogP contribution in [-0.4, -0.2) is 46.1 Å². The Labute approximate surface area is 233 Å². The molecule has 0 radical (unpaired) electrons. The minimum absolute atomic E-state index is 0.000165. The third-order valence-corrected chi connectivity index (χ3v) is 13.8. The highest BCUT2D eigenvalue weighted by Crippen LogP contribution is 2.87. The second kappa shape index (κ2) is 8.53. The zero-order valence-corrected chi connectivity index (χ0v) is 24.0. The number of rotatable bonds is 4. The lowest BCUT2D eigenvalue weighted by Crippen LogP contribution is -2.69. The van der Waals surface area contributed by atoms with Gasteiger partial charge in [0.05, 0.1) is 36.4 Å². The zero-order chi connectivity index (χ0) is 27.4. The standard InChI is InChI=1S/C33H48N2O4/c1-29(2)23-11-12-24-32(19-31(23,32)14-13-25(29)36)16-15-30(3)22-10-9-21(39-27(22)28(38)33(24,30)34)17-26(37)35-18-20-7-5-4-6-8-20/h4-8,21-25,27-28,36,38H,9-19,34H2,1-3H3,(H,35,37). The van der Waals surface area contributed by atoms with Crippen molar-refractivity contribution in [2.45, 2.75) is 121 Å². The molecule has 6 nitrogen and oxygen atoms in total. The number of carbonyl (C=O) groups is 1. The fourth-order valence-corrected chi connectivity index (χ4v) is 11.7. The summed E-state index contributed by atoms with van der Waals surface area (Å²) >= 11 is 0. The summed E-state index contributed by atoms with van der Waals surface area (Å²) in [6.07, 6.45) is 8.29. The normalized spacial score (nSPS) is 51.0. The van der Waals surface area contributed by atoms with E-state index in [1.54, 1.807) is 0 Å². The van der Waals surface area contributed by atoms with Crippen LogP contribution in [0.1, 0.15) is 90.5 Å². The van der Waals surface area contributed by atoms with Gasteiger partial charge in [0, 0.05) is 6.54 Å². The molecule has 1 saturated heterocycles. The van der Waals surface area contributed by atoms with Crippen LogP contribution in [0.3, 0.4) is 0 Å². The van der Waals surface area contributed by atoms with Gasteiger partial charge in [-0.15, -0.1) is 0 Å². The summed E-state index contributed by atoms with van der Waals surface area (Å²) in [5, 5.41) is 26.0. The summed E-state index contributed by atoms with van der Waals surface area (Å²) < 4.78 is 6.62. The zero-order valence-electron chi connectivity index (χ0n) is 24.0. The lowest BCUT2D eigenvalue weighted by molar-refractivity contribution is -0.152. The van der Waals surface area contributed by atoms with Crippen LogP contribution in [-0.2, 0) is 16.1 Å². The molecule has 1 amide bonds. The van der Waals surface area contributed by atoms with Gasteiger partial charge in [0.15, 0.2) is 0 Å². The number of nitrogens with one attached hydrogen (secondary N) is 1. The number of hydrogen-bond donors (Lipinski definition) is 4. The van der Waals surface area contributed by atoms with Gasteiger partial charge in [-0.05, 0) is 103 Å². The summed E-state index contributed by atoms with van der Waals surface area (Å²) in [6, 6.07) is 9.97. The third-order valence-electron chi connectivity index (χ3n) is 13.8. The lowest BCUT2D eigenvalue weighted by Gasteiger charge is -2.63. The van der Waals surface area contributed by atoms with Crippen molar-refractivity contribution in [3.63, 3.8) is 0 Å². The van der Waals surface area contributed by atoms with Gasteiger partial charge in [0.25, 0.3) is 0 Å². The van der Waals surface area contributed by atoms with Crippen molar-refractivity contribution in [3.05, 3.63) is 35.9 Å². The van der Waals surface area contributed by atoms with Crippen molar-refractivity contribution < 1.29 is 19.7 Å². The molecule has 11 unspecified atom stereocenters. The van der Waals surface area contributed by atoms with E-state index in [-0.39, 0.29) is 51.8 Å². The Bertz CT molecular complexity index is 1140. The first-order valence-corrected chi connectivity index (χ1v) is 15.6. The molecule has 2 spiro atoms. The average Bonchev–Trinajstić information content (AvgIpc) is 3.56. The van der Waals surface area contributed by atoms with Crippen LogP contribution >= 0.6 is 0 Å². The van der Waals surface area contributed by atoms with Crippen molar-refractivity contribution in [1.82, 2.24) is 5.32 Å². The number of aliphatic hydroxyl groups excluding tert-OH is 2. The molecular weight excluding hydrogens is 488 g/mol. The Kier molecular flexibility index (Phi) is 5.78. The van der Waals surface area contributed by atoms with Crippen molar-refractivity contribution >= 4 is 5.91 Å². The lowest BCUT2D eigenvalue weighted by atomic mass is 9.44. The number of hydrogen-bond acceptors (Lipinski definition) is 5. The summed E-state index contributed by atoms with van der Waals surface area (Å²) in [5.74, 6) is 1.06. The topological polar surface area (TPSA) is 105 Å². The summed E-state index contributed by atoms with van der Waals surface area (Å²) in [6.45, 7) is 7.43. The van der Waals surface area contributed by atoms with Crippen molar-refractivity contribution in [1.29, 1.82) is 0 Å². The molecule has 5 N–H and O–H groups in total. The van der Waals surface area contributed by atoms with E-state index in [4.69, 9.17) is 10.5 Å². The maximum atomic E-state index is 12.8. The van der Waals surface area contributed by atoms with E-state index in [1.807, 2.05) is 30.3 Å². The Hall–Kier alpha value is -1.47. The first-order chi connectivity index (χ1) is 18.5. The molecule has 0 bridgehead atoms. The number of benzene rings is 1. The minimum atomic E-state index is -0.707. The highest BCUT2D eigenvalue weighted by Gasteiger charge is 2.84. The second-order valence-corrected chi connectivity index (χ2v) is 15.2. The minimum Gasteiger partial charge on any atom is -0.393 e. The van der Waals surface area contributed by atoms with Crippen LogP contribution in [0.4, 0.5) is 0 Å². The van der Waals surface area contributed by atoms with E-state index < -0.39 is 11.6 Å². The summed E-state index contributed by atoms with van der Waals surface area (Å²) in [4.78, 5) is 12.8. The highest BCUT2D eigenvalue weighted by molar-refractivity contribution is 5.76. The molecule has 1 aromatic rings. The molecule has 6 fully saturated rings. The van der Waals surface area contributed by atoms with Gasteiger partial charge in [-0.3, -0.25) is 4.79 Å². The third kappa shape index (κ3) is 3.32. The molecule has 1 aromatic carbocycles. The van der Waals surface area contributed by atoms with Gasteiger partial charge in [-0.25, -0.2) is 0 Å². The maximum absolute atomic E-state index is 12.8. The molecule has 39 heavy (non-hydrogen) atoms. The monoisotopic (exact) mass is 536 g/mol. The molecule has 5 saturated carbocycles. The summed E-state index contributed by atoms with van der Waals surface area (Å²) in [7, 11) is 0. The first-order valence-electron chi connectivity index (χ1n) is 15.6. The molecule has 6 aliphatic rings. The van der Waals surface area contributed by atoms with Crippen LogP contribution in [0.5, 0.6) is 0 Å². The number of ether oxygens (including phenoxy) is 1. The van der Waals surface area contributed by atoms with E-state index in [1.165, 1.54) is 12.8 Å². The highest BCUT2D eigenvalue weighted by atomic mass is 16.5. The number of fused-ring (bicyclic) bond motifs is 4. The van der Waals surface area contributed by atoms with Gasteiger partial charge < -0.3 is 26.0 Å². The van der Waals surface area contributed by atoms with Gasteiger partial charge in [0.2, 0.25) is 5.91 Å². The maximum Gasteiger partial charge on any atom is 0.222 e. The van der Waals surface area contributed by atoms with Gasteiger partial charge in [-0.1, -0.05) is 51.1 Å². The molecule has 6 heteroatoms. The fraction of sp³-hybridized carbons (Fsp3) is 0.788. The SMILES string of the molecule is CC1(C)C(O)CCC23CC24CCC2(C)C5CCC(CC(=O)NCc6ccccc6)OC5C(O)C2(N)C4CCC13. The van der Waals surface area contributed by atoms with Gasteiger partial charge in [-0.2, -0.15) is 0 Å². The molecule has 214 valence electrons. The summed E-state index contributed by atoms with van der Waals surface area (Å²) in [5.41, 5.74) is 8.26. The van der Waals surface area contributed by atoms with Crippen molar-refractivity contribution in [3.8, 4) is 0 Å². The van der Waals surface area contributed by atoms with Crippen LogP contribution in [0.25, 0.3) is 0 Å². The quantitative estimate of drug-likeness (QED) is 0.459. The molecule has 1 heterocycles. The Morgan fingerprint density at radius 2 is 1.69 bits per heavy atom. The molecule has 5 aliphatic carbocycles. The predicted molar refractivity (Wildman–Crippen MR) is 149 cm³/mol. The van der Waals surface area contributed by atoms with Crippen LogP contribution in [0, 0.1) is 39.4 Å².